The lowest BCUT2D eigenvalue weighted by molar-refractivity contribution is 0.0954. The normalized spacial score (nSPS) is 11.2. The summed E-state index contributed by atoms with van der Waals surface area (Å²) in [5, 5.41) is 4.28. The van der Waals surface area contributed by atoms with Crippen molar-refractivity contribution in [2.24, 2.45) is 11.7 Å². The van der Waals surface area contributed by atoms with Gasteiger partial charge in [-0.2, -0.15) is 0 Å². The molecule has 0 radical (unpaired) electrons. The number of carbonyl (C=O) groups is 1. The van der Waals surface area contributed by atoms with Gasteiger partial charge in [0.1, 0.15) is 0 Å². The molecule has 0 saturated carbocycles. The number of aromatic nitrogens is 1. The predicted molar refractivity (Wildman–Crippen MR) is 119 cm³/mol. The fourth-order valence-electron chi connectivity index (χ4n) is 3.68. The summed E-state index contributed by atoms with van der Waals surface area (Å²) in [5.74, 6) is 0.173. The van der Waals surface area contributed by atoms with Gasteiger partial charge in [-0.15, -0.1) is 0 Å². The fraction of sp³-hybridized carbons (Fsp3) is 0.333. The van der Waals surface area contributed by atoms with E-state index in [1.165, 1.54) is 0 Å². The number of nitrogens with zero attached hydrogens (tertiary/aromatic N) is 1. The molecule has 152 valence electrons. The molecule has 0 saturated heterocycles. The Labute approximate surface area is 171 Å². The molecule has 2 aromatic carbocycles. The number of pyridine rings is 1. The van der Waals surface area contributed by atoms with Crippen molar-refractivity contribution in [2.75, 3.05) is 6.54 Å². The Kier molecular flexibility index (Phi) is 6.49. The van der Waals surface area contributed by atoms with E-state index in [0.717, 1.165) is 28.6 Å². The highest BCUT2D eigenvalue weighted by molar-refractivity contribution is 6.03. The molecule has 0 fully saturated rings. The molecule has 3 N–H and O–H groups in total. The fourth-order valence-corrected chi connectivity index (χ4v) is 3.68. The van der Waals surface area contributed by atoms with Crippen molar-refractivity contribution in [1.29, 1.82) is 0 Å². The number of hydrogen-bond acceptors (Lipinski definition) is 3. The molecule has 3 aromatic rings. The molecule has 5 heteroatoms. The zero-order valence-electron chi connectivity index (χ0n) is 17.4. The first-order valence-corrected chi connectivity index (χ1v) is 10.2. The number of amides is 1. The molecule has 3 rings (SSSR count). The highest BCUT2D eigenvalue weighted by Gasteiger charge is 2.19. The molecular formula is C24H29N3O2. The van der Waals surface area contributed by atoms with Gasteiger partial charge < -0.3 is 15.6 Å². The summed E-state index contributed by atoms with van der Waals surface area (Å²) >= 11 is 0. The van der Waals surface area contributed by atoms with Crippen molar-refractivity contribution in [2.45, 2.75) is 40.3 Å². The van der Waals surface area contributed by atoms with E-state index < -0.39 is 0 Å². The van der Waals surface area contributed by atoms with Gasteiger partial charge in [-0.05, 0) is 41.5 Å². The van der Waals surface area contributed by atoms with Crippen LogP contribution < -0.4 is 16.6 Å². The van der Waals surface area contributed by atoms with E-state index in [-0.39, 0.29) is 18.0 Å². The molecule has 0 aliphatic carbocycles. The SMILES string of the molecule is CCCNC(=O)c1ccc2c(=O)n(CC(C)C)c(CN)c(-c3ccccc3)c2c1. The lowest BCUT2D eigenvalue weighted by Gasteiger charge is -2.21. The molecule has 0 aliphatic heterocycles. The van der Waals surface area contributed by atoms with Gasteiger partial charge in [0.2, 0.25) is 0 Å². The van der Waals surface area contributed by atoms with Gasteiger partial charge in [0, 0.05) is 41.8 Å². The second kappa shape index (κ2) is 9.05. The summed E-state index contributed by atoms with van der Waals surface area (Å²) in [6.45, 7) is 7.64. The summed E-state index contributed by atoms with van der Waals surface area (Å²) in [5.41, 5.74) is 9.35. The maximum atomic E-state index is 13.3. The Morgan fingerprint density at radius 2 is 1.83 bits per heavy atom. The van der Waals surface area contributed by atoms with Crippen molar-refractivity contribution in [3.05, 3.63) is 70.1 Å². The zero-order chi connectivity index (χ0) is 21.0. The van der Waals surface area contributed by atoms with E-state index in [1.807, 2.05) is 43.3 Å². The molecule has 0 unspecified atom stereocenters. The zero-order valence-corrected chi connectivity index (χ0v) is 17.4. The third-order valence-electron chi connectivity index (χ3n) is 4.98. The second-order valence-electron chi connectivity index (χ2n) is 7.72. The van der Waals surface area contributed by atoms with Crippen LogP contribution >= 0.6 is 0 Å². The molecule has 1 amide bonds. The second-order valence-corrected chi connectivity index (χ2v) is 7.72. The van der Waals surface area contributed by atoms with Crippen LogP contribution in [0.5, 0.6) is 0 Å². The van der Waals surface area contributed by atoms with Gasteiger partial charge in [0.25, 0.3) is 11.5 Å². The molecule has 0 spiro atoms. The Bertz CT molecular complexity index is 1070. The first-order valence-electron chi connectivity index (χ1n) is 10.2. The third-order valence-corrected chi connectivity index (χ3v) is 4.98. The van der Waals surface area contributed by atoms with Crippen molar-refractivity contribution in [3.8, 4) is 11.1 Å². The molecule has 1 aromatic heterocycles. The maximum Gasteiger partial charge on any atom is 0.258 e. The van der Waals surface area contributed by atoms with Crippen LogP contribution in [-0.2, 0) is 13.1 Å². The number of nitrogens with two attached hydrogens (primary N) is 1. The summed E-state index contributed by atoms with van der Waals surface area (Å²) in [4.78, 5) is 25.8. The smallest absolute Gasteiger partial charge is 0.258 e. The van der Waals surface area contributed by atoms with Gasteiger partial charge in [-0.25, -0.2) is 0 Å². The third kappa shape index (κ3) is 4.25. The van der Waals surface area contributed by atoms with Crippen molar-refractivity contribution in [1.82, 2.24) is 9.88 Å². The first-order chi connectivity index (χ1) is 14.0. The van der Waals surface area contributed by atoms with E-state index in [2.05, 4.69) is 19.2 Å². The minimum absolute atomic E-state index is 0.0608. The van der Waals surface area contributed by atoms with E-state index in [4.69, 9.17) is 5.73 Å². The molecule has 0 bridgehead atoms. The number of rotatable bonds is 7. The van der Waals surface area contributed by atoms with E-state index in [1.54, 1.807) is 16.7 Å². The number of hydrogen-bond donors (Lipinski definition) is 2. The lowest BCUT2D eigenvalue weighted by Crippen LogP contribution is -2.29. The molecule has 5 nitrogen and oxygen atoms in total. The monoisotopic (exact) mass is 391 g/mol. The van der Waals surface area contributed by atoms with E-state index in [0.29, 0.717) is 30.0 Å². The summed E-state index contributed by atoms with van der Waals surface area (Å²) in [6.07, 6.45) is 0.867. The predicted octanol–water partition coefficient (Wildman–Crippen LogP) is 3.92. The average molecular weight is 392 g/mol. The minimum atomic E-state index is -0.131. The van der Waals surface area contributed by atoms with Crippen LogP contribution in [0.4, 0.5) is 0 Å². The summed E-state index contributed by atoms with van der Waals surface area (Å²) in [6, 6.07) is 15.2. The molecule has 1 heterocycles. The Hall–Kier alpha value is -2.92. The number of fused-ring (bicyclic) bond motifs is 1. The number of carbonyl (C=O) groups excluding carboxylic acids is 1. The highest BCUT2D eigenvalue weighted by atomic mass is 16.1. The maximum absolute atomic E-state index is 13.3. The van der Waals surface area contributed by atoms with Gasteiger partial charge >= 0.3 is 0 Å². The van der Waals surface area contributed by atoms with Crippen LogP contribution in [-0.4, -0.2) is 17.0 Å². The Morgan fingerprint density at radius 1 is 1.10 bits per heavy atom. The molecule has 0 atom stereocenters. The van der Waals surface area contributed by atoms with Crippen LogP contribution in [0.2, 0.25) is 0 Å². The first kappa shape index (κ1) is 20.8. The van der Waals surface area contributed by atoms with Crippen molar-refractivity contribution >= 4 is 16.7 Å². The van der Waals surface area contributed by atoms with Crippen molar-refractivity contribution in [3.63, 3.8) is 0 Å². The van der Waals surface area contributed by atoms with Crippen LogP contribution in [0.15, 0.2) is 53.3 Å². The molecule has 0 aliphatic rings. The summed E-state index contributed by atoms with van der Waals surface area (Å²) < 4.78 is 1.80. The van der Waals surface area contributed by atoms with Crippen LogP contribution in [0.25, 0.3) is 21.9 Å². The molecule has 29 heavy (non-hydrogen) atoms. The van der Waals surface area contributed by atoms with Gasteiger partial charge in [0.15, 0.2) is 0 Å². The summed E-state index contributed by atoms with van der Waals surface area (Å²) in [7, 11) is 0. The quantitative estimate of drug-likeness (QED) is 0.641. The highest BCUT2D eigenvalue weighted by Crippen LogP contribution is 2.31. The van der Waals surface area contributed by atoms with Gasteiger partial charge in [0.05, 0.1) is 0 Å². The topological polar surface area (TPSA) is 77.1 Å². The lowest BCUT2D eigenvalue weighted by atomic mass is 9.95. The Balaban J connectivity index is 2.35. The van der Waals surface area contributed by atoms with Crippen LogP contribution in [0.1, 0.15) is 43.2 Å². The largest absolute Gasteiger partial charge is 0.352 e. The minimum Gasteiger partial charge on any atom is -0.352 e. The van der Waals surface area contributed by atoms with E-state index in [9.17, 15) is 9.59 Å². The number of benzene rings is 2. The van der Waals surface area contributed by atoms with Crippen molar-refractivity contribution < 1.29 is 4.79 Å². The molecular weight excluding hydrogens is 362 g/mol. The van der Waals surface area contributed by atoms with Crippen LogP contribution in [0.3, 0.4) is 0 Å². The number of nitrogens with one attached hydrogen (secondary N) is 1. The van der Waals surface area contributed by atoms with Gasteiger partial charge in [-0.3, -0.25) is 9.59 Å². The standard InChI is InChI=1S/C24H29N3O2/c1-4-12-26-23(28)18-10-11-19-20(13-18)22(17-8-6-5-7-9-17)21(14-25)27(24(19)29)15-16(2)3/h5-11,13,16H,4,12,14-15,25H2,1-3H3,(H,26,28). The van der Waals surface area contributed by atoms with E-state index >= 15 is 0 Å². The van der Waals surface area contributed by atoms with Crippen LogP contribution in [0, 0.1) is 5.92 Å². The average Bonchev–Trinajstić information content (AvgIpc) is 2.73. The Morgan fingerprint density at radius 3 is 2.45 bits per heavy atom. The van der Waals surface area contributed by atoms with Gasteiger partial charge in [-0.1, -0.05) is 51.1 Å².